The summed E-state index contributed by atoms with van der Waals surface area (Å²) in [5.41, 5.74) is 1.02. The lowest BCUT2D eigenvalue weighted by atomic mass is 10.1. The van der Waals surface area contributed by atoms with Gasteiger partial charge in [0, 0.05) is 19.3 Å². The average molecular weight is 272 g/mol. The zero-order valence-corrected chi connectivity index (χ0v) is 11.5. The maximum absolute atomic E-state index is 6.15. The van der Waals surface area contributed by atoms with Crippen molar-refractivity contribution in [3.63, 3.8) is 0 Å². The normalized spacial score (nSPS) is 17.4. The SMILES string of the molecule is C#CCN1CCC(Oc2ccnc3ccsc23)CC1. The van der Waals surface area contributed by atoms with E-state index in [0.717, 1.165) is 48.4 Å². The summed E-state index contributed by atoms with van der Waals surface area (Å²) >= 11 is 1.69. The molecule has 1 aliphatic rings. The number of likely N-dealkylation sites (tertiary alicyclic amines) is 1. The molecule has 4 heteroatoms. The molecule has 1 fully saturated rings. The Morgan fingerprint density at radius 1 is 1.42 bits per heavy atom. The number of ether oxygens (including phenoxy) is 1. The molecule has 19 heavy (non-hydrogen) atoms. The fourth-order valence-corrected chi connectivity index (χ4v) is 3.24. The van der Waals surface area contributed by atoms with Crippen LogP contribution in [-0.4, -0.2) is 35.6 Å². The zero-order valence-electron chi connectivity index (χ0n) is 10.7. The molecule has 0 aliphatic carbocycles. The van der Waals surface area contributed by atoms with Gasteiger partial charge in [-0.2, -0.15) is 0 Å². The van der Waals surface area contributed by atoms with Crippen molar-refractivity contribution in [3.8, 4) is 18.1 Å². The molecular weight excluding hydrogens is 256 g/mol. The van der Waals surface area contributed by atoms with Crippen molar-refractivity contribution < 1.29 is 4.74 Å². The molecule has 0 saturated carbocycles. The molecule has 1 aliphatic heterocycles. The number of nitrogens with zero attached hydrogens (tertiary/aromatic N) is 2. The van der Waals surface area contributed by atoms with Gasteiger partial charge >= 0.3 is 0 Å². The van der Waals surface area contributed by atoms with Crippen LogP contribution in [0.3, 0.4) is 0 Å². The zero-order chi connectivity index (χ0) is 13.1. The third-order valence-corrected chi connectivity index (χ3v) is 4.37. The van der Waals surface area contributed by atoms with Crippen molar-refractivity contribution in [2.24, 2.45) is 0 Å². The van der Waals surface area contributed by atoms with Crippen molar-refractivity contribution in [1.82, 2.24) is 9.88 Å². The Morgan fingerprint density at radius 3 is 3.05 bits per heavy atom. The van der Waals surface area contributed by atoms with E-state index in [0.29, 0.717) is 6.10 Å². The van der Waals surface area contributed by atoms with E-state index in [4.69, 9.17) is 11.2 Å². The van der Waals surface area contributed by atoms with Gasteiger partial charge in [-0.3, -0.25) is 9.88 Å². The second kappa shape index (κ2) is 5.60. The van der Waals surface area contributed by atoms with Gasteiger partial charge in [-0.1, -0.05) is 5.92 Å². The lowest BCUT2D eigenvalue weighted by Crippen LogP contribution is -2.38. The van der Waals surface area contributed by atoms with Crippen LogP contribution in [0.4, 0.5) is 0 Å². The van der Waals surface area contributed by atoms with Crippen molar-refractivity contribution in [2.45, 2.75) is 18.9 Å². The average Bonchev–Trinajstić information content (AvgIpc) is 2.91. The van der Waals surface area contributed by atoms with Crippen LogP contribution in [0.5, 0.6) is 5.75 Å². The van der Waals surface area contributed by atoms with Crippen molar-refractivity contribution in [2.75, 3.05) is 19.6 Å². The minimum Gasteiger partial charge on any atom is -0.489 e. The largest absolute Gasteiger partial charge is 0.489 e. The molecule has 0 atom stereocenters. The van der Waals surface area contributed by atoms with Crippen LogP contribution in [0.15, 0.2) is 23.7 Å². The summed E-state index contributed by atoms with van der Waals surface area (Å²) in [4.78, 5) is 6.63. The van der Waals surface area contributed by atoms with Crippen LogP contribution in [0, 0.1) is 12.3 Å². The van der Waals surface area contributed by atoms with Gasteiger partial charge in [0.25, 0.3) is 0 Å². The Kier molecular flexibility index (Phi) is 3.67. The number of rotatable bonds is 3. The molecular formula is C15H16N2OS. The number of hydrogen-bond acceptors (Lipinski definition) is 4. The third-order valence-electron chi connectivity index (χ3n) is 3.45. The van der Waals surface area contributed by atoms with Crippen LogP contribution in [0.2, 0.25) is 0 Å². The Bertz CT molecular complexity index is 593. The quantitative estimate of drug-likeness (QED) is 0.803. The highest BCUT2D eigenvalue weighted by molar-refractivity contribution is 7.17. The first kappa shape index (κ1) is 12.5. The van der Waals surface area contributed by atoms with Gasteiger partial charge < -0.3 is 4.74 Å². The van der Waals surface area contributed by atoms with Crippen LogP contribution in [0.25, 0.3) is 10.2 Å². The Morgan fingerprint density at radius 2 is 2.26 bits per heavy atom. The number of fused-ring (bicyclic) bond motifs is 1. The standard InChI is InChI=1S/C15H16N2OS/c1-2-8-17-9-4-12(5-10-17)18-14-3-7-16-13-6-11-19-15(13)14/h1,3,6-7,11-12H,4-5,8-10H2. The van der Waals surface area contributed by atoms with E-state index in [2.05, 4.69) is 21.2 Å². The Balaban J connectivity index is 1.67. The highest BCUT2D eigenvalue weighted by atomic mass is 32.1. The first-order valence-corrected chi connectivity index (χ1v) is 7.39. The first-order chi connectivity index (χ1) is 9.36. The third kappa shape index (κ3) is 2.73. The number of hydrogen-bond donors (Lipinski definition) is 0. The summed E-state index contributed by atoms with van der Waals surface area (Å²) in [5, 5.41) is 2.06. The van der Waals surface area contributed by atoms with Crippen LogP contribution in [-0.2, 0) is 0 Å². The molecule has 98 valence electrons. The van der Waals surface area contributed by atoms with Gasteiger partial charge in [0.05, 0.1) is 16.8 Å². The molecule has 3 nitrogen and oxygen atoms in total. The van der Waals surface area contributed by atoms with E-state index in [9.17, 15) is 0 Å². The molecule has 0 N–H and O–H groups in total. The van der Waals surface area contributed by atoms with Crippen molar-refractivity contribution >= 4 is 21.6 Å². The molecule has 0 amide bonds. The topological polar surface area (TPSA) is 25.4 Å². The van der Waals surface area contributed by atoms with Crippen LogP contribution in [0.1, 0.15) is 12.8 Å². The maximum Gasteiger partial charge on any atom is 0.140 e. The number of thiophene rings is 1. The van der Waals surface area contributed by atoms with Crippen molar-refractivity contribution in [1.29, 1.82) is 0 Å². The highest BCUT2D eigenvalue weighted by Crippen LogP contribution is 2.30. The minimum absolute atomic E-state index is 0.293. The van der Waals surface area contributed by atoms with Gasteiger partial charge in [-0.25, -0.2) is 0 Å². The molecule has 2 aromatic heterocycles. The molecule has 0 aromatic carbocycles. The smallest absolute Gasteiger partial charge is 0.140 e. The fraction of sp³-hybridized carbons (Fsp3) is 0.400. The Labute approximate surface area is 117 Å². The molecule has 0 bridgehead atoms. The van der Waals surface area contributed by atoms with E-state index in [1.54, 1.807) is 11.3 Å². The lowest BCUT2D eigenvalue weighted by Gasteiger charge is -2.30. The number of piperidine rings is 1. The minimum atomic E-state index is 0.293. The number of terminal acetylenes is 1. The predicted octanol–water partition coefficient (Wildman–Crippen LogP) is 2.77. The molecule has 0 unspecified atom stereocenters. The van der Waals surface area contributed by atoms with Gasteiger partial charge in [-0.15, -0.1) is 17.8 Å². The number of pyridine rings is 1. The molecule has 0 radical (unpaired) electrons. The van der Waals surface area contributed by atoms with E-state index in [1.807, 2.05) is 18.3 Å². The fourth-order valence-electron chi connectivity index (χ4n) is 2.44. The molecule has 3 heterocycles. The van der Waals surface area contributed by atoms with E-state index < -0.39 is 0 Å². The van der Waals surface area contributed by atoms with E-state index in [1.165, 1.54) is 0 Å². The summed E-state index contributed by atoms with van der Waals surface area (Å²) in [6, 6.07) is 4.00. The van der Waals surface area contributed by atoms with Crippen molar-refractivity contribution in [3.05, 3.63) is 23.7 Å². The molecule has 1 saturated heterocycles. The first-order valence-electron chi connectivity index (χ1n) is 6.51. The van der Waals surface area contributed by atoms with Crippen LogP contribution < -0.4 is 4.74 Å². The summed E-state index contributed by atoms with van der Waals surface area (Å²) in [6.07, 6.45) is 9.53. The van der Waals surface area contributed by atoms with E-state index >= 15 is 0 Å². The maximum atomic E-state index is 6.15. The Hall–Kier alpha value is -1.57. The summed E-state index contributed by atoms with van der Waals surface area (Å²) in [5.74, 6) is 3.67. The summed E-state index contributed by atoms with van der Waals surface area (Å²) < 4.78 is 7.29. The van der Waals surface area contributed by atoms with Gasteiger partial charge in [0.2, 0.25) is 0 Å². The monoisotopic (exact) mass is 272 g/mol. The second-order valence-electron chi connectivity index (χ2n) is 4.74. The second-order valence-corrected chi connectivity index (χ2v) is 5.66. The van der Waals surface area contributed by atoms with Gasteiger partial charge in [0.1, 0.15) is 11.9 Å². The van der Waals surface area contributed by atoms with E-state index in [-0.39, 0.29) is 0 Å². The van der Waals surface area contributed by atoms with Gasteiger partial charge in [0.15, 0.2) is 0 Å². The summed E-state index contributed by atoms with van der Waals surface area (Å²) in [6.45, 7) is 2.79. The van der Waals surface area contributed by atoms with Gasteiger partial charge in [-0.05, 0) is 30.4 Å². The highest BCUT2D eigenvalue weighted by Gasteiger charge is 2.20. The molecule has 2 aromatic rings. The molecule has 3 rings (SSSR count). The predicted molar refractivity (Wildman–Crippen MR) is 78.5 cm³/mol. The number of aromatic nitrogens is 1. The lowest BCUT2D eigenvalue weighted by molar-refractivity contribution is 0.109. The molecule has 0 spiro atoms. The van der Waals surface area contributed by atoms with Crippen LogP contribution >= 0.6 is 11.3 Å². The summed E-state index contributed by atoms with van der Waals surface area (Å²) in [7, 11) is 0.